The Balaban J connectivity index is 2.17. The number of fused-ring (bicyclic) bond motifs is 3. The van der Waals surface area contributed by atoms with E-state index in [1.807, 2.05) is 0 Å². The fraction of sp³-hybridized carbons (Fsp3) is 0.0714. The summed E-state index contributed by atoms with van der Waals surface area (Å²) in [6, 6.07) is 2.26. The van der Waals surface area contributed by atoms with E-state index in [-0.39, 0.29) is 17.0 Å². The molecule has 4 aromatic rings. The van der Waals surface area contributed by atoms with Crippen molar-refractivity contribution in [2.75, 3.05) is 0 Å². The summed E-state index contributed by atoms with van der Waals surface area (Å²) >= 11 is 0. The van der Waals surface area contributed by atoms with Gasteiger partial charge in [-0.25, -0.2) is 0 Å². The van der Waals surface area contributed by atoms with E-state index in [0.717, 1.165) is 6.07 Å². The van der Waals surface area contributed by atoms with Gasteiger partial charge in [-0.05, 0) is 0 Å². The molecule has 0 unspecified atom stereocenters. The van der Waals surface area contributed by atoms with Crippen LogP contribution in [0.15, 0.2) is 37.1 Å². The Labute approximate surface area is 138 Å². The van der Waals surface area contributed by atoms with Crippen LogP contribution in [0.3, 0.4) is 0 Å². The van der Waals surface area contributed by atoms with Gasteiger partial charge in [0.05, 0.1) is 0 Å². The minimum atomic E-state index is -4.58. The van der Waals surface area contributed by atoms with Crippen LogP contribution in [-0.4, -0.2) is 29.1 Å². The number of imidazole rings is 1. The normalized spacial score (nSPS) is 11.8. The Kier molecular flexibility index (Phi) is 3.45. The molecule has 0 aliphatic rings. The summed E-state index contributed by atoms with van der Waals surface area (Å²) < 4.78 is 53.9. The summed E-state index contributed by atoms with van der Waals surface area (Å²) in [5, 5.41) is 7.67. The topological polar surface area (TPSA) is 78.0 Å². The van der Waals surface area contributed by atoms with Crippen molar-refractivity contribution in [1.82, 2.24) is 29.1 Å². The SMILES string of the molecule is O=P#Cc1nnc2cnc3cc(C(F)(F)F)c(-n4ccnc4)cc3n12. The van der Waals surface area contributed by atoms with Crippen LogP contribution >= 0.6 is 7.92 Å². The quantitative estimate of drug-likeness (QED) is 0.486. The zero-order valence-electron chi connectivity index (χ0n) is 12.1. The summed E-state index contributed by atoms with van der Waals surface area (Å²) in [7, 11) is -0.418. The number of halogens is 3. The molecule has 4 rings (SSSR count). The summed E-state index contributed by atoms with van der Waals surface area (Å²) in [6.07, 6.45) is 0.772. The van der Waals surface area contributed by atoms with Crippen LogP contribution < -0.4 is 0 Å². The standard InChI is InChI=1S/C14H6F3N6OP/c15-14(16,17)8-3-9-11(4-10(8)22-2-1-18-7-22)23-12(5-19-9)20-21-13(23)6-25-24/h1-5,7H. The molecule has 3 heterocycles. The number of aromatic nitrogens is 6. The Bertz CT molecular complexity index is 1210. The predicted molar refractivity (Wildman–Crippen MR) is 81.0 cm³/mol. The molecule has 0 amide bonds. The summed E-state index contributed by atoms with van der Waals surface area (Å²) in [4.78, 5) is 7.82. The monoisotopic (exact) mass is 362 g/mol. The molecule has 0 aliphatic heterocycles. The molecule has 0 spiro atoms. The van der Waals surface area contributed by atoms with Gasteiger partial charge in [0.2, 0.25) is 0 Å². The first-order valence-corrected chi connectivity index (χ1v) is 7.62. The summed E-state index contributed by atoms with van der Waals surface area (Å²) in [5.74, 6) is 0.121. The van der Waals surface area contributed by atoms with Gasteiger partial charge in [0.25, 0.3) is 0 Å². The molecule has 0 aliphatic carbocycles. The number of benzene rings is 1. The van der Waals surface area contributed by atoms with Crippen molar-refractivity contribution in [2.24, 2.45) is 0 Å². The van der Waals surface area contributed by atoms with E-state index in [1.165, 1.54) is 40.0 Å². The third-order valence-corrected chi connectivity index (χ3v) is 3.87. The van der Waals surface area contributed by atoms with E-state index in [1.54, 1.807) is 0 Å². The van der Waals surface area contributed by atoms with E-state index in [9.17, 15) is 17.7 Å². The van der Waals surface area contributed by atoms with E-state index in [0.29, 0.717) is 11.2 Å². The molecule has 124 valence electrons. The second kappa shape index (κ2) is 5.54. The molecule has 0 bridgehead atoms. The van der Waals surface area contributed by atoms with Crippen LogP contribution in [0.4, 0.5) is 13.2 Å². The maximum atomic E-state index is 13.5. The van der Waals surface area contributed by atoms with Crippen LogP contribution in [-0.2, 0) is 10.7 Å². The van der Waals surface area contributed by atoms with Gasteiger partial charge < -0.3 is 0 Å². The van der Waals surface area contributed by atoms with E-state index < -0.39 is 19.7 Å². The zero-order chi connectivity index (χ0) is 17.6. The first kappa shape index (κ1) is 15.6. The Morgan fingerprint density at radius 3 is 2.72 bits per heavy atom. The van der Waals surface area contributed by atoms with E-state index in [4.69, 9.17) is 0 Å². The van der Waals surface area contributed by atoms with Crippen molar-refractivity contribution in [3.63, 3.8) is 0 Å². The molecule has 0 saturated carbocycles. The summed E-state index contributed by atoms with van der Waals surface area (Å²) in [6.45, 7) is 0. The second-order valence-electron chi connectivity index (χ2n) is 5.00. The van der Waals surface area contributed by atoms with Gasteiger partial charge in [-0.15, -0.1) is 0 Å². The van der Waals surface area contributed by atoms with Crippen molar-refractivity contribution in [3.05, 3.63) is 48.4 Å². The van der Waals surface area contributed by atoms with Crippen molar-refractivity contribution in [3.8, 4) is 11.3 Å². The Morgan fingerprint density at radius 1 is 1.20 bits per heavy atom. The number of hydrogen-bond acceptors (Lipinski definition) is 5. The van der Waals surface area contributed by atoms with Crippen molar-refractivity contribution in [2.45, 2.75) is 6.18 Å². The summed E-state index contributed by atoms with van der Waals surface area (Å²) in [5.41, 5.74) is 2.20. The van der Waals surface area contributed by atoms with Crippen LogP contribution in [0.2, 0.25) is 0 Å². The van der Waals surface area contributed by atoms with Crippen molar-refractivity contribution in [1.29, 1.82) is 0 Å². The number of rotatable bonds is 1. The van der Waals surface area contributed by atoms with Gasteiger partial charge in [-0.3, -0.25) is 0 Å². The molecule has 0 N–H and O–H groups in total. The first-order chi connectivity index (χ1) is 12.0. The molecule has 3 aromatic heterocycles. The van der Waals surface area contributed by atoms with Gasteiger partial charge in [-0.1, -0.05) is 0 Å². The molecule has 25 heavy (non-hydrogen) atoms. The fourth-order valence-electron chi connectivity index (χ4n) is 2.55. The first-order valence-electron chi connectivity index (χ1n) is 6.81. The molecule has 0 saturated heterocycles. The average molecular weight is 362 g/mol. The maximum absolute atomic E-state index is 13.5. The van der Waals surface area contributed by atoms with Crippen LogP contribution in [0, 0.1) is 5.63 Å². The molecule has 11 heteroatoms. The third kappa shape index (κ3) is 2.52. The third-order valence-electron chi connectivity index (χ3n) is 3.57. The number of alkyl halides is 3. The van der Waals surface area contributed by atoms with Gasteiger partial charge >= 0.3 is 137 Å². The number of nitrogens with zero attached hydrogens (tertiary/aromatic N) is 6. The van der Waals surface area contributed by atoms with Crippen LogP contribution in [0.5, 0.6) is 0 Å². The molecule has 1 aromatic carbocycles. The molecule has 0 fully saturated rings. The average Bonchev–Trinajstić information content (AvgIpc) is 3.23. The van der Waals surface area contributed by atoms with Crippen molar-refractivity contribution < 1.29 is 17.7 Å². The Hall–Kier alpha value is -2.96. The zero-order valence-corrected chi connectivity index (χ0v) is 13.0. The van der Waals surface area contributed by atoms with Crippen LogP contribution in [0.1, 0.15) is 11.4 Å². The molecule has 0 radical (unpaired) electrons. The molecule has 0 atom stereocenters. The Morgan fingerprint density at radius 2 is 2.04 bits per heavy atom. The molecule has 7 nitrogen and oxygen atoms in total. The van der Waals surface area contributed by atoms with Gasteiger partial charge in [0.1, 0.15) is 0 Å². The van der Waals surface area contributed by atoms with Crippen LogP contribution in [0.25, 0.3) is 22.4 Å². The minimum absolute atomic E-state index is 0.0918. The molecular formula is C14H6F3N6OP. The second-order valence-corrected chi connectivity index (χ2v) is 5.41. The predicted octanol–water partition coefficient (Wildman–Crippen LogP) is 3.08. The number of hydrogen-bond donors (Lipinski definition) is 0. The van der Waals surface area contributed by atoms with Gasteiger partial charge in [-0.2, -0.15) is 0 Å². The fourth-order valence-corrected chi connectivity index (χ4v) is 2.78. The van der Waals surface area contributed by atoms with Gasteiger partial charge in [0.15, 0.2) is 0 Å². The van der Waals surface area contributed by atoms with Gasteiger partial charge in [0, 0.05) is 0 Å². The molecular weight excluding hydrogens is 356 g/mol. The van der Waals surface area contributed by atoms with E-state index >= 15 is 0 Å². The van der Waals surface area contributed by atoms with E-state index in [2.05, 4.69) is 25.8 Å². The van der Waals surface area contributed by atoms with Crippen molar-refractivity contribution >= 4 is 24.6 Å².